The minimum absolute atomic E-state index is 0.0335. The first-order valence-electron chi connectivity index (χ1n) is 12.7. The maximum Gasteiger partial charge on any atom is 0.419 e. The number of anilines is 1. The van der Waals surface area contributed by atoms with Crippen LogP contribution in [0.25, 0.3) is 0 Å². The van der Waals surface area contributed by atoms with Crippen LogP contribution in [0.1, 0.15) is 57.1 Å². The van der Waals surface area contributed by atoms with Crippen LogP contribution in [0.3, 0.4) is 0 Å². The number of carbonyl (C=O) groups is 2. The van der Waals surface area contributed by atoms with Crippen LogP contribution in [-0.2, 0) is 28.9 Å². The zero-order chi connectivity index (χ0) is 25.9. The first kappa shape index (κ1) is 26.2. The van der Waals surface area contributed by atoms with Gasteiger partial charge in [-0.1, -0.05) is 38.5 Å². The molecule has 36 heavy (non-hydrogen) atoms. The molecule has 1 saturated heterocycles. The predicted molar refractivity (Wildman–Crippen MR) is 130 cm³/mol. The van der Waals surface area contributed by atoms with Gasteiger partial charge in [-0.2, -0.15) is 18.3 Å². The molecule has 1 aromatic carbocycles. The average molecular weight is 506 g/mol. The molecule has 0 radical (unpaired) electrons. The molecule has 1 fully saturated rings. The Labute approximate surface area is 209 Å². The highest BCUT2D eigenvalue weighted by atomic mass is 19.4. The number of piperidine rings is 1. The first-order valence-corrected chi connectivity index (χ1v) is 12.7. The van der Waals surface area contributed by atoms with Gasteiger partial charge in [0, 0.05) is 50.0 Å². The van der Waals surface area contributed by atoms with Crippen molar-refractivity contribution in [3.05, 3.63) is 47.8 Å². The molecule has 10 heteroatoms. The van der Waals surface area contributed by atoms with E-state index in [1.54, 1.807) is 4.90 Å². The van der Waals surface area contributed by atoms with Crippen molar-refractivity contribution in [3.63, 3.8) is 0 Å². The first-order chi connectivity index (χ1) is 17.2. The number of nitrogens with zero attached hydrogens (tertiary/aromatic N) is 5. The lowest BCUT2D eigenvalue weighted by molar-refractivity contribution is -0.138. The topological polar surface area (TPSA) is 61.7 Å². The smallest absolute Gasteiger partial charge is 0.335 e. The summed E-state index contributed by atoms with van der Waals surface area (Å²) in [6, 6.07) is 8.07. The number of para-hydroxylation sites is 1. The van der Waals surface area contributed by atoms with Gasteiger partial charge >= 0.3 is 6.18 Å². The third-order valence-electron chi connectivity index (χ3n) is 7.35. The van der Waals surface area contributed by atoms with Gasteiger partial charge < -0.3 is 9.80 Å². The molecule has 0 aliphatic carbocycles. The molecule has 4 rings (SSSR count). The van der Waals surface area contributed by atoms with E-state index in [2.05, 4.69) is 16.9 Å². The Morgan fingerprint density at radius 2 is 1.81 bits per heavy atom. The van der Waals surface area contributed by atoms with Crippen molar-refractivity contribution in [2.24, 2.45) is 0 Å². The van der Waals surface area contributed by atoms with Gasteiger partial charge in [0.1, 0.15) is 6.54 Å². The fraction of sp³-hybridized carbons (Fsp3) is 0.577. The standard InChI is InChI=1S/C26H34F3N5O2/c1-3-24(35)34-13-12-21-9-7-10-22(33(21)4-2)17-31(15-19-8-5-6-11-23(19)34)25(36)18-32-16-20(14-30-32)26(27,28)29/h5-6,8,11,14,16,21-22H,3-4,7,9-10,12-13,15,17-18H2,1-2H3. The average Bonchev–Trinajstić information content (AvgIpc) is 3.33. The predicted octanol–water partition coefficient (Wildman–Crippen LogP) is 4.32. The van der Waals surface area contributed by atoms with Crippen LogP contribution < -0.4 is 4.90 Å². The van der Waals surface area contributed by atoms with E-state index in [0.717, 1.165) is 60.6 Å². The molecule has 2 unspecified atom stereocenters. The largest absolute Gasteiger partial charge is 0.419 e. The minimum atomic E-state index is -4.51. The van der Waals surface area contributed by atoms with E-state index in [4.69, 9.17) is 0 Å². The van der Waals surface area contributed by atoms with Gasteiger partial charge in [-0.15, -0.1) is 0 Å². The molecule has 196 valence electrons. The molecule has 0 saturated carbocycles. The number of benzene rings is 1. The van der Waals surface area contributed by atoms with E-state index in [1.807, 2.05) is 36.1 Å². The Kier molecular flexibility index (Phi) is 8.02. The lowest BCUT2D eigenvalue weighted by atomic mass is 9.93. The highest BCUT2D eigenvalue weighted by molar-refractivity contribution is 5.94. The second kappa shape index (κ2) is 11.0. The molecule has 3 heterocycles. The van der Waals surface area contributed by atoms with Crippen LogP contribution in [0.5, 0.6) is 0 Å². The molecule has 1 aromatic heterocycles. The summed E-state index contributed by atoms with van der Waals surface area (Å²) in [5.41, 5.74) is 0.766. The number of amides is 2. The molecule has 0 N–H and O–H groups in total. The van der Waals surface area contributed by atoms with Crippen molar-refractivity contribution < 1.29 is 22.8 Å². The summed E-state index contributed by atoms with van der Waals surface area (Å²) in [5.74, 6) is -0.265. The number of hydrogen-bond acceptors (Lipinski definition) is 4. The molecular formula is C26H34F3N5O2. The highest BCUT2D eigenvalue weighted by Crippen LogP contribution is 2.31. The van der Waals surface area contributed by atoms with Gasteiger partial charge in [-0.25, -0.2) is 0 Å². The fourth-order valence-electron chi connectivity index (χ4n) is 5.55. The number of halogens is 3. The quantitative estimate of drug-likeness (QED) is 0.621. The zero-order valence-corrected chi connectivity index (χ0v) is 20.9. The fourth-order valence-corrected chi connectivity index (χ4v) is 5.55. The Morgan fingerprint density at radius 3 is 2.50 bits per heavy atom. The van der Waals surface area contributed by atoms with Crippen molar-refractivity contribution in [1.29, 1.82) is 0 Å². The van der Waals surface area contributed by atoms with Crippen molar-refractivity contribution in [2.45, 2.75) is 77.3 Å². The van der Waals surface area contributed by atoms with Crippen molar-refractivity contribution in [1.82, 2.24) is 19.6 Å². The second-order valence-corrected chi connectivity index (χ2v) is 9.58. The van der Waals surface area contributed by atoms with Crippen LogP contribution in [0.4, 0.5) is 18.9 Å². The van der Waals surface area contributed by atoms with Crippen molar-refractivity contribution in [3.8, 4) is 0 Å². The van der Waals surface area contributed by atoms with Gasteiger partial charge in [-0.3, -0.25) is 19.2 Å². The third kappa shape index (κ3) is 5.74. The van der Waals surface area contributed by atoms with Crippen LogP contribution >= 0.6 is 0 Å². The molecule has 2 amide bonds. The maximum atomic E-state index is 13.5. The molecule has 2 bridgehead atoms. The Morgan fingerprint density at radius 1 is 1.06 bits per heavy atom. The molecule has 7 nitrogen and oxygen atoms in total. The summed E-state index contributed by atoms with van der Waals surface area (Å²) in [6.07, 6.45) is 1.37. The number of carbonyl (C=O) groups excluding carboxylic acids is 2. The number of aromatic nitrogens is 2. The van der Waals surface area contributed by atoms with Crippen LogP contribution in [0.2, 0.25) is 0 Å². The monoisotopic (exact) mass is 505 g/mol. The molecule has 2 aliphatic heterocycles. The third-order valence-corrected chi connectivity index (χ3v) is 7.35. The number of fused-ring (bicyclic) bond motifs is 3. The van der Waals surface area contributed by atoms with Crippen LogP contribution in [0.15, 0.2) is 36.7 Å². The molecule has 2 aliphatic rings. The van der Waals surface area contributed by atoms with Gasteiger partial charge in [-0.05, 0) is 37.4 Å². The molecular weight excluding hydrogens is 471 g/mol. The summed E-state index contributed by atoms with van der Waals surface area (Å²) in [6.45, 7) is 5.88. The Balaban J connectivity index is 1.68. The van der Waals surface area contributed by atoms with E-state index in [-0.39, 0.29) is 30.9 Å². The Bertz CT molecular complexity index is 1070. The van der Waals surface area contributed by atoms with E-state index in [9.17, 15) is 22.8 Å². The zero-order valence-electron chi connectivity index (χ0n) is 20.9. The van der Waals surface area contributed by atoms with E-state index < -0.39 is 11.7 Å². The lowest BCUT2D eigenvalue weighted by Gasteiger charge is -2.43. The second-order valence-electron chi connectivity index (χ2n) is 9.58. The number of rotatable bonds is 4. The molecule has 0 spiro atoms. The van der Waals surface area contributed by atoms with E-state index in [0.29, 0.717) is 25.6 Å². The maximum absolute atomic E-state index is 13.5. The van der Waals surface area contributed by atoms with Gasteiger partial charge in [0.25, 0.3) is 0 Å². The summed E-state index contributed by atoms with van der Waals surface area (Å²) in [4.78, 5) is 32.5. The lowest BCUT2D eigenvalue weighted by Crippen LogP contribution is -2.52. The number of hydrogen-bond donors (Lipinski definition) is 0. The Hall–Kier alpha value is -2.88. The van der Waals surface area contributed by atoms with Gasteiger partial charge in [0.2, 0.25) is 11.8 Å². The van der Waals surface area contributed by atoms with Crippen molar-refractivity contribution in [2.75, 3.05) is 24.5 Å². The highest BCUT2D eigenvalue weighted by Gasteiger charge is 2.35. The van der Waals surface area contributed by atoms with Gasteiger partial charge in [0.05, 0.1) is 11.8 Å². The number of likely N-dealkylation sites (N-methyl/N-ethyl adjacent to an activating group) is 1. The van der Waals surface area contributed by atoms with E-state index in [1.165, 1.54) is 0 Å². The van der Waals surface area contributed by atoms with E-state index >= 15 is 0 Å². The van der Waals surface area contributed by atoms with Crippen molar-refractivity contribution >= 4 is 17.5 Å². The minimum Gasteiger partial charge on any atom is -0.335 e. The summed E-state index contributed by atoms with van der Waals surface area (Å²) < 4.78 is 40.2. The summed E-state index contributed by atoms with van der Waals surface area (Å²) in [7, 11) is 0. The van der Waals surface area contributed by atoms with Crippen LogP contribution in [0, 0.1) is 0 Å². The normalized spacial score (nSPS) is 21.6. The van der Waals surface area contributed by atoms with Crippen LogP contribution in [-0.4, -0.2) is 63.1 Å². The SMILES string of the molecule is CCC(=O)N1CCC2CCCC(CN(C(=O)Cn3cc(C(F)(F)F)cn3)Cc3ccccc31)N2CC. The molecule has 2 atom stereocenters. The summed E-state index contributed by atoms with van der Waals surface area (Å²) >= 11 is 0. The summed E-state index contributed by atoms with van der Waals surface area (Å²) in [5, 5.41) is 3.78. The number of alkyl halides is 3. The van der Waals surface area contributed by atoms with Gasteiger partial charge in [0.15, 0.2) is 0 Å². The molecule has 2 aromatic rings.